The van der Waals surface area contributed by atoms with Crippen LogP contribution >= 0.6 is 7.82 Å². The van der Waals surface area contributed by atoms with E-state index >= 15 is 0 Å². The van der Waals surface area contributed by atoms with Crippen LogP contribution in [0.25, 0.3) is 0 Å². The van der Waals surface area contributed by atoms with Gasteiger partial charge in [-0.2, -0.15) is 0 Å². The second kappa shape index (κ2) is 41.9. The molecule has 0 aliphatic rings. The highest BCUT2D eigenvalue weighted by molar-refractivity contribution is 7.47. The molecule has 3 N–H and O–H groups in total. The van der Waals surface area contributed by atoms with Crippen LogP contribution in [0.3, 0.4) is 0 Å². The predicted molar refractivity (Wildman–Crippen MR) is 229 cm³/mol. The largest absolute Gasteiger partial charge is 0.472 e. The van der Waals surface area contributed by atoms with E-state index < -0.39 is 32.5 Å². The number of carbonyl (C=O) groups excluding carboxylic acids is 2. The van der Waals surface area contributed by atoms with Crippen LogP contribution < -0.4 is 5.73 Å². The third-order valence-corrected chi connectivity index (χ3v) is 10.5. The molecule has 10 heteroatoms. The molecular weight excluding hydrogens is 713 g/mol. The summed E-state index contributed by atoms with van der Waals surface area (Å²) in [6.45, 7) is 3.70. The summed E-state index contributed by atoms with van der Waals surface area (Å²) < 4.78 is 32.8. The third kappa shape index (κ3) is 41.7. The van der Waals surface area contributed by atoms with E-state index in [1.807, 2.05) is 0 Å². The highest BCUT2D eigenvalue weighted by atomic mass is 31.2. The van der Waals surface area contributed by atoms with Gasteiger partial charge < -0.3 is 20.1 Å². The maximum atomic E-state index is 12.6. The SMILES string of the molecule is CCCCCC=CCC=CCCCCCCCC(=O)OC[C@H](COP(=O)(O)OCCN)OC(=O)CCCCCCCCCCCC=CCCCCCCCC. The number of allylic oxidation sites excluding steroid dienone is 6. The van der Waals surface area contributed by atoms with Crippen molar-refractivity contribution in [1.29, 1.82) is 0 Å². The number of phosphoric acid groups is 1. The van der Waals surface area contributed by atoms with E-state index in [1.54, 1.807) is 0 Å². The topological polar surface area (TPSA) is 134 Å². The molecule has 2 atom stereocenters. The van der Waals surface area contributed by atoms with Gasteiger partial charge >= 0.3 is 19.8 Å². The lowest BCUT2D eigenvalue weighted by Gasteiger charge is -2.19. The van der Waals surface area contributed by atoms with E-state index in [0.29, 0.717) is 12.8 Å². The van der Waals surface area contributed by atoms with Gasteiger partial charge in [-0.25, -0.2) is 4.57 Å². The van der Waals surface area contributed by atoms with Crippen LogP contribution in [-0.4, -0.2) is 49.3 Å². The minimum Gasteiger partial charge on any atom is -0.462 e. The first kappa shape index (κ1) is 53.2. The number of phosphoric ester groups is 1. The maximum absolute atomic E-state index is 12.6. The lowest BCUT2D eigenvalue weighted by Crippen LogP contribution is -2.29. The van der Waals surface area contributed by atoms with Crippen molar-refractivity contribution >= 4 is 19.8 Å². The summed E-state index contributed by atoms with van der Waals surface area (Å²) in [5.74, 6) is -0.844. The van der Waals surface area contributed by atoms with Crippen molar-refractivity contribution in [2.45, 2.75) is 213 Å². The van der Waals surface area contributed by atoms with E-state index in [-0.39, 0.29) is 32.6 Å². The molecule has 0 aromatic heterocycles. The van der Waals surface area contributed by atoms with Crippen LogP contribution in [0, 0.1) is 0 Å². The highest BCUT2D eigenvalue weighted by Crippen LogP contribution is 2.43. The summed E-state index contributed by atoms with van der Waals surface area (Å²) in [4.78, 5) is 34.9. The van der Waals surface area contributed by atoms with Gasteiger partial charge in [-0.1, -0.05) is 159 Å². The van der Waals surface area contributed by atoms with Crippen LogP contribution in [0.15, 0.2) is 36.5 Å². The second-order valence-corrected chi connectivity index (χ2v) is 16.4. The van der Waals surface area contributed by atoms with Gasteiger partial charge in [0, 0.05) is 19.4 Å². The lowest BCUT2D eigenvalue weighted by atomic mass is 10.1. The Morgan fingerprint density at radius 2 is 0.945 bits per heavy atom. The number of hydrogen-bond donors (Lipinski definition) is 2. The van der Waals surface area contributed by atoms with Gasteiger partial charge in [-0.15, -0.1) is 0 Å². The van der Waals surface area contributed by atoms with Crippen LogP contribution in [0.1, 0.15) is 206 Å². The van der Waals surface area contributed by atoms with Crippen molar-refractivity contribution in [1.82, 2.24) is 0 Å². The van der Waals surface area contributed by atoms with E-state index in [2.05, 4.69) is 50.3 Å². The van der Waals surface area contributed by atoms with Gasteiger partial charge in [0.1, 0.15) is 6.61 Å². The minimum absolute atomic E-state index is 0.0510. The fourth-order valence-electron chi connectivity index (χ4n) is 6.13. The average Bonchev–Trinajstić information content (AvgIpc) is 3.17. The Hall–Kier alpha value is -1.77. The Morgan fingerprint density at radius 3 is 1.44 bits per heavy atom. The van der Waals surface area contributed by atoms with Crippen LogP contribution in [0.5, 0.6) is 0 Å². The number of rotatable bonds is 42. The predicted octanol–water partition coefficient (Wildman–Crippen LogP) is 12.9. The summed E-state index contributed by atoms with van der Waals surface area (Å²) in [6.07, 6.45) is 46.0. The molecular formula is C45H84NO8P. The molecule has 0 spiro atoms. The molecule has 0 radical (unpaired) electrons. The van der Waals surface area contributed by atoms with Gasteiger partial charge in [0.15, 0.2) is 6.10 Å². The van der Waals surface area contributed by atoms with Gasteiger partial charge in [-0.05, 0) is 70.6 Å². The van der Waals surface area contributed by atoms with E-state index in [0.717, 1.165) is 57.8 Å². The Balaban J connectivity index is 4.14. The van der Waals surface area contributed by atoms with Gasteiger partial charge in [-0.3, -0.25) is 18.6 Å². The zero-order valence-corrected chi connectivity index (χ0v) is 36.3. The molecule has 0 aromatic carbocycles. The summed E-state index contributed by atoms with van der Waals surface area (Å²) >= 11 is 0. The molecule has 0 saturated carbocycles. The van der Waals surface area contributed by atoms with Crippen LogP contribution in [-0.2, 0) is 32.7 Å². The first-order valence-electron chi connectivity index (χ1n) is 22.5. The molecule has 0 heterocycles. The van der Waals surface area contributed by atoms with Crippen LogP contribution in [0.4, 0.5) is 0 Å². The minimum atomic E-state index is -4.38. The Kier molecular flexibility index (Phi) is 40.5. The van der Waals surface area contributed by atoms with Crippen molar-refractivity contribution in [3.8, 4) is 0 Å². The van der Waals surface area contributed by atoms with E-state index in [4.69, 9.17) is 24.3 Å². The fourth-order valence-corrected chi connectivity index (χ4v) is 6.89. The standard InChI is InChI=1S/C45H84NO8P/c1-3-5-7-9-11-13-15-17-19-20-21-22-24-26-28-30-32-34-36-38-45(48)54-43(42-53-55(49,50)52-40-39-46)41-51-44(47)37-35-33-31-29-27-25-23-18-16-14-12-10-8-6-4-2/h12,14,17-19,23,43H,3-11,13,15-16,20-22,24-42,46H2,1-2H3,(H,49,50)/t43-/m1/s1. The van der Waals surface area contributed by atoms with Crippen molar-refractivity contribution in [2.75, 3.05) is 26.4 Å². The zero-order chi connectivity index (χ0) is 40.3. The molecule has 322 valence electrons. The quantitative estimate of drug-likeness (QED) is 0.0268. The Morgan fingerprint density at radius 1 is 0.545 bits per heavy atom. The monoisotopic (exact) mass is 798 g/mol. The molecule has 9 nitrogen and oxygen atoms in total. The molecule has 0 rings (SSSR count). The number of unbranched alkanes of at least 4 members (excludes halogenated alkanes) is 23. The van der Waals surface area contributed by atoms with Gasteiger partial charge in [0.05, 0.1) is 13.2 Å². The number of hydrogen-bond acceptors (Lipinski definition) is 8. The number of carbonyl (C=O) groups is 2. The first-order valence-corrected chi connectivity index (χ1v) is 24.0. The fraction of sp³-hybridized carbons (Fsp3) is 0.822. The van der Waals surface area contributed by atoms with Crippen molar-refractivity contribution in [2.24, 2.45) is 5.73 Å². The molecule has 0 aliphatic carbocycles. The molecule has 0 amide bonds. The second-order valence-electron chi connectivity index (χ2n) is 14.9. The molecule has 0 aliphatic heterocycles. The summed E-state index contributed by atoms with van der Waals surface area (Å²) in [5, 5.41) is 0. The molecule has 0 fully saturated rings. The molecule has 55 heavy (non-hydrogen) atoms. The lowest BCUT2D eigenvalue weighted by molar-refractivity contribution is -0.161. The smallest absolute Gasteiger partial charge is 0.462 e. The maximum Gasteiger partial charge on any atom is 0.472 e. The number of esters is 2. The summed E-state index contributed by atoms with van der Waals surface area (Å²) in [5.41, 5.74) is 5.35. The summed E-state index contributed by atoms with van der Waals surface area (Å²) in [6, 6.07) is 0. The van der Waals surface area contributed by atoms with Gasteiger partial charge in [0.2, 0.25) is 0 Å². The summed E-state index contributed by atoms with van der Waals surface area (Å²) in [7, 11) is -4.38. The van der Waals surface area contributed by atoms with E-state index in [1.165, 1.54) is 109 Å². The first-order chi connectivity index (χ1) is 26.8. The molecule has 0 saturated heterocycles. The van der Waals surface area contributed by atoms with E-state index in [9.17, 15) is 19.0 Å². The average molecular weight is 798 g/mol. The van der Waals surface area contributed by atoms with Crippen molar-refractivity contribution < 1.29 is 37.6 Å². The normalized spacial score (nSPS) is 13.6. The molecule has 0 bridgehead atoms. The van der Waals surface area contributed by atoms with Crippen molar-refractivity contribution in [3.63, 3.8) is 0 Å². The van der Waals surface area contributed by atoms with Gasteiger partial charge in [0.25, 0.3) is 0 Å². The third-order valence-electron chi connectivity index (χ3n) is 9.50. The highest BCUT2D eigenvalue weighted by Gasteiger charge is 2.26. The Labute approximate surface area is 337 Å². The zero-order valence-electron chi connectivity index (χ0n) is 35.4. The Bertz CT molecular complexity index is 1000. The van der Waals surface area contributed by atoms with Crippen molar-refractivity contribution in [3.05, 3.63) is 36.5 Å². The molecule has 0 aromatic rings. The van der Waals surface area contributed by atoms with Crippen LogP contribution in [0.2, 0.25) is 0 Å². The molecule has 1 unspecified atom stereocenters. The number of ether oxygens (including phenoxy) is 2. The number of nitrogens with two attached hydrogens (primary N) is 1.